The number of nitrogens with one attached hydrogen (secondary N) is 1. The molecule has 0 radical (unpaired) electrons. The lowest BCUT2D eigenvalue weighted by atomic mass is 9.90. The molecule has 0 aliphatic heterocycles. The molecule has 88 valence electrons. The Kier molecular flexibility index (Phi) is 3.77. The van der Waals surface area contributed by atoms with Crippen LogP contribution < -0.4 is 9.46 Å². The smallest absolute Gasteiger partial charge is 0.120 e. The number of ether oxygens (including phenoxy) is 1. The highest BCUT2D eigenvalue weighted by Crippen LogP contribution is 2.27. The number of thiol groups is 1. The maximum absolute atomic E-state index is 5.90. The van der Waals surface area contributed by atoms with Crippen LogP contribution >= 0.6 is 12.8 Å². The zero-order valence-electron chi connectivity index (χ0n) is 9.81. The zero-order chi connectivity index (χ0) is 11.5. The Bertz CT molecular complexity index is 348. The third kappa shape index (κ3) is 2.71. The first-order chi connectivity index (χ1) is 7.69. The first-order valence-corrected chi connectivity index (χ1v) is 6.30. The van der Waals surface area contributed by atoms with Gasteiger partial charge in [-0.1, -0.05) is 38.8 Å². The minimum Gasteiger partial charge on any atom is -0.490 e. The van der Waals surface area contributed by atoms with E-state index in [0.717, 1.165) is 18.6 Å². The molecule has 0 aromatic heterocycles. The highest BCUT2D eigenvalue weighted by Gasteiger charge is 2.29. The lowest BCUT2D eigenvalue weighted by Crippen LogP contribution is -2.43. The molecule has 0 amide bonds. The van der Waals surface area contributed by atoms with Crippen LogP contribution in [-0.2, 0) is 0 Å². The summed E-state index contributed by atoms with van der Waals surface area (Å²) in [4.78, 5) is 0. The van der Waals surface area contributed by atoms with E-state index >= 15 is 0 Å². The van der Waals surface area contributed by atoms with Gasteiger partial charge in [-0.2, -0.15) is 0 Å². The topological polar surface area (TPSA) is 21.3 Å². The normalized spacial score (nSPS) is 24.2. The lowest BCUT2D eigenvalue weighted by Gasteiger charge is -2.34. The van der Waals surface area contributed by atoms with Crippen LogP contribution in [0.25, 0.3) is 0 Å². The maximum Gasteiger partial charge on any atom is 0.120 e. The van der Waals surface area contributed by atoms with Crippen molar-refractivity contribution in [1.29, 1.82) is 0 Å². The van der Waals surface area contributed by atoms with E-state index in [-0.39, 0.29) is 0 Å². The van der Waals surface area contributed by atoms with Gasteiger partial charge in [0.1, 0.15) is 11.9 Å². The van der Waals surface area contributed by atoms with E-state index in [1.54, 1.807) is 0 Å². The van der Waals surface area contributed by atoms with Crippen LogP contribution in [0.1, 0.15) is 38.2 Å². The number of rotatable bonds is 4. The van der Waals surface area contributed by atoms with Crippen molar-refractivity contribution in [2.75, 3.05) is 0 Å². The van der Waals surface area contributed by atoms with Crippen LogP contribution in [0.3, 0.4) is 0 Å². The second-order valence-electron chi connectivity index (χ2n) is 4.76. The first-order valence-electron chi connectivity index (χ1n) is 5.85. The van der Waals surface area contributed by atoms with Gasteiger partial charge in [0.2, 0.25) is 0 Å². The number of benzene rings is 1. The Balaban J connectivity index is 1.92. The standard InChI is InChI=1S/C13H19NOS/c1-9(2)10-4-3-5-12(6-10)15-13-7-11(8-13)14-16/h3-6,9,11,13-14,16H,7-8H2,1-2H3. The van der Waals surface area contributed by atoms with E-state index in [0.29, 0.717) is 18.1 Å². The van der Waals surface area contributed by atoms with Crippen LogP contribution in [-0.4, -0.2) is 12.1 Å². The summed E-state index contributed by atoms with van der Waals surface area (Å²) in [5.41, 5.74) is 1.33. The molecule has 0 bridgehead atoms. The van der Waals surface area contributed by atoms with E-state index in [4.69, 9.17) is 4.74 Å². The van der Waals surface area contributed by atoms with Gasteiger partial charge in [-0.05, 0) is 23.6 Å². The molecular weight excluding hydrogens is 218 g/mol. The highest BCUT2D eigenvalue weighted by molar-refractivity contribution is 7.78. The molecule has 1 aliphatic carbocycles. The van der Waals surface area contributed by atoms with Crippen molar-refractivity contribution >= 4 is 12.8 Å². The average Bonchev–Trinajstić information content (AvgIpc) is 2.23. The minimum atomic E-state index is 0.354. The highest BCUT2D eigenvalue weighted by atomic mass is 32.1. The predicted octanol–water partition coefficient (Wildman–Crippen LogP) is 3.15. The molecule has 0 heterocycles. The molecule has 2 rings (SSSR count). The molecule has 0 spiro atoms. The van der Waals surface area contributed by atoms with Crippen molar-refractivity contribution < 1.29 is 4.74 Å². The SMILES string of the molecule is CC(C)c1cccc(OC2CC(NS)C2)c1. The molecule has 2 nitrogen and oxygen atoms in total. The fourth-order valence-electron chi connectivity index (χ4n) is 1.91. The van der Waals surface area contributed by atoms with E-state index in [9.17, 15) is 0 Å². The largest absolute Gasteiger partial charge is 0.490 e. The summed E-state index contributed by atoms with van der Waals surface area (Å²) in [6.45, 7) is 4.40. The van der Waals surface area contributed by atoms with E-state index in [2.05, 4.69) is 49.6 Å². The van der Waals surface area contributed by atoms with Crippen LogP contribution in [0.4, 0.5) is 0 Å². The molecule has 1 aliphatic rings. The van der Waals surface area contributed by atoms with Crippen molar-refractivity contribution in [3.8, 4) is 5.75 Å². The second-order valence-corrected chi connectivity index (χ2v) is 5.02. The van der Waals surface area contributed by atoms with Gasteiger partial charge in [-0.15, -0.1) is 0 Å². The Labute approximate surface area is 103 Å². The van der Waals surface area contributed by atoms with Gasteiger partial charge in [0.05, 0.1) is 0 Å². The fraction of sp³-hybridized carbons (Fsp3) is 0.538. The van der Waals surface area contributed by atoms with Crippen molar-refractivity contribution in [3.05, 3.63) is 29.8 Å². The van der Waals surface area contributed by atoms with E-state index < -0.39 is 0 Å². The second kappa shape index (κ2) is 5.11. The van der Waals surface area contributed by atoms with Crippen LogP contribution in [0.5, 0.6) is 5.75 Å². The molecule has 1 saturated carbocycles. The van der Waals surface area contributed by atoms with Crippen molar-refractivity contribution in [2.24, 2.45) is 0 Å². The zero-order valence-corrected chi connectivity index (χ0v) is 10.7. The van der Waals surface area contributed by atoms with Crippen molar-refractivity contribution in [2.45, 2.75) is 44.8 Å². The minimum absolute atomic E-state index is 0.354. The molecule has 0 saturated heterocycles. The monoisotopic (exact) mass is 237 g/mol. The Hall–Kier alpha value is -0.670. The fourth-order valence-corrected chi connectivity index (χ4v) is 2.12. The summed E-state index contributed by atoms with van der Waals surface area (Å²) < 4.78 is 8.86. The summed E-state index contributed by atoms with van der Waals surface area (Å²) in [6, 6.07) is 8.91. The molecule has 1 aromatic rings. The maximum atomic E-state index is 5.90. The first kappa shape index (κ1) is 11.8. The molecule has 3 heteroatoms. The number of hydrogen-bond acceptors (Lipinski definition) is 3. The molecule has 1 aromatic carbocycles. The van der Waals surface area contributed by atoms with Gasteiger partial charge in [0.15, 0.2) is 0 Å². The molecule has 1 N–H and O–H groups in total. The van der Waals surface area contributed by atoms with Crippen molar-refractivity contribution in [1.82, 2.24) is 4.72 Å². The van der Waals surface area contributed by atoms with Crippen LogP contribution in [0.2, 0.25) is 0 Å². The number of hydrogen-bond donors (Lipinski definition) is 2. The summed E-state index contributed by atoms with van der Waals surface area (Å²) in [6.07, 6.45) is 2.46. The van der Waals surface area contributed by atoms with E-state index in [1.165, 1.54) is 5.56 Å². The van der Waals surface area contributed by atoms with Gasteiger partial charge in [0, 0.05) is 18.9 Å². The molecule has 0 unspecified atom stereocenters. The van der Waals surface area contributed by atoms with Crippen molar-refractivity contribution in [3.63, 3.8) is 0 Å². The predicted molar refractivity (Wildman–Crippen MR) is 70.1 cm³/mol. The summed E-state index contributed by atoms with van der Waals surface area (Å²) >= 11 is 4.05. The van der Waals surface area contributed by atoms with Gasteiger partial charge in [-0.25, -0.2) is 0 Å². The van der Waals surface area contributed by atoms with Gasteiger partial charge in [-0.3, -0.25) is 4.72 Å². The van der Waals surface area contributed by atoms with Gasteiger partial charge in [0.25, 0.3) is 0 Å². The molecular formula is C13H19NOS. The summed E-state index contributed by atoms with van der Waals surface area (Å²) in [5, 5.41) is 0. The van der Waals surface area contributed by atoms with Gasteiger partial charge >= 0.3 is 0 Å². The Morgan fingerprint density at radius 2 is 2.12 bits per heavy atom. The third-order valence-corrected chi connectivity index (χ3v) is 3.47. The summed E-state index contributed by atoms with van der Waals surface area (Å²) in [5.74, 6) is 1.55. The van der Waals surface area contributed by atoms with Crippen LogP contribution in [0, 0.1) is 0 Å². The molecule has 0 atom stereocenters. The Morgan fingerprint density at radius 1 is 1.38 bits per heavy atom. The molecule has 16 heavy (non-hydrogen) atoms. The van der Waals surface area contributed by atoms with Gasteiger partial charge < -0.3 is 4.74 Å². The lowest BCUT2D eigenvalue weighted by molar-refractivity contribution is 0.0957. The average molecular weight is 237 g/mol. The van der Waals surface area contributed by atoms with E-state index in [1.807, 2.05) is 6.07 Å². The molecule has 1 fully saturated rings. The summed E-state index contributed by atoms with van der Waals surface area (Å²) in [7, 11) is 0. The quantitative estimate of drug-likeness (QED) is 0.785. The Morgan fingerprint density at radius 3 is 2.75 bits per heavy atom. The van der Waals surface area contributed by atoms with Crippen LogP contribution in [0.15, 0.2) is 24.3 Å². The third-order valence-electron chi connectivity index (χ3n) is 3.10.